The molecule has 1 amide bonds. The first-order chi connectivity index (χ1) is 9.03. The molecule has 0 saturated carbocycles. The molecule has 2 heterocycles. The van der Waals surface area contributed by atoms with Crippen molar-refractivity contribution in [3.63, 3.8) is 0 Å². The van der Waals surface area contributed by atoms with Crippen molar-refractivity contribution in [2.45, 2.75) is 26.3 Å². The number of aromatic nitrogens is 2. The lowest BCUT2D eigenvalue weighted by atomic mass is 9.89. The Morgan fingerprint density at radius 2 is 2.37 bits per heavy atom. The van der Waals surface area contributed by atoms with Crippen LogP contribution in [0, 0.1) is 5.41 Å². The molecule has 1 aliphatic rings. The van der Waals surface area contributed by atoms with E-state index in [1.54, 1.807) is 13.1 Å². The number of carbonyl (C=O) groups excluding carboxylic acids is 1. The van der Waals surface area contributed by atoms with Gasteiger partial charge in [0, 0.05) is 26.3 Å². The van der Waals surface area contributed by atoms with Gasteiger partial charge >= 0.3 is 0 Å². The Morgan fingerprint density at radius 1 is 1.58 bits per heavy atom. The number of aryl methyl sites for hydroxylation is 1. The van der Waals surface area contributed by atoms with Crippen LogP contribution in [0.1, 0.15) is 19.8 Å². The Morgan fingerprint density at radius 3 is 3.00 bits per heavy atom. The van der Waals surface area contributed by atoms with Crippen LogP contribution in [0.3, 0.4) is 0 Å². The number of hydrogen-bond donors (Lipinski definition) is 2. The summed E-state index contributed by atoms with van der Waals surface area (Å²) in [4.78, 5) is 14.2. The van der Waals surface area contributed by atoms with Crippen LogP contribution >= 0.6 is 0 Å². The molecule has 106 valence electrons. The van der Waals surface area contributed by atoms with Crippen molar-refractivity contribution in [2.24, 2.45) is 5.41 Å². The zero-order valence-corrected chi connectivity index (χ0v) is 11.7. The minimum absolute atomic E-state index is 0.148. The van der Waals surface area contributed by atoms with Crippen LogP contribution in [0.2, 0.25) is 0 Å². The van der Waals surface area contributed by atoms with E-state index in [4.69, 9.17) is 5.73 Å². The fourth-order valence-electron chi connectivity index (χ4n) is 2.69. The first-order valence-corrected chi connectivity index (χ1v) is 6.77. The second-order valence-electron chi connectivity index (χ2n) is 5.52. The monoisotopic (exact) mass is 265 g/mol. The van der Waals surface area contributed by atoms with Gasteiger partial charge in [-0.1, -0.05) is 0 Å². The van der Waals surface area contributed by atoms with Gasteiger partial charge in [0.2, 0.25) is 5.91 Å². The summed E-state index contributed by atoms with van der Waals surface area (Å²) < 4.78 is 1.86. The Bertz CT molecular complexity index is 444. The molecule has 1 aliphatic heterocycles. The summed E-state index contributed by atoms with van der Waals surface area (Å²) >= 11 is 0. The number of anilines is 1. The van der Waals surface area contributed by atoms with Crippen LogP contribution < -0.4 is 11.1 Å². The number of nitrogens with zero attached hydrogens (tertiary/aromatic N) is 3. The predicted octanol–water partition coefficient (Wildman–Crippen LogP) is 0.313. The second-order valence-corrected chi connectivity index (χ2v) is 5.52. The number of rotatable bonds is 5. The molecule has 1 atom stereocenters. The van der Waals surface area contributed by atoms with Crippen molar-refractivity contribution >= 4 is 11.7 Å². The van der Waals surface area contributed by atoms with Gasteiger partial charge in [0.15, 0.2) is 0 Å². The number of nitrogens with two attached hydrogens (primary N) is 1. The van der Waals surface area contributed by atoms with E-state index in [0.29, 0.717) is 5.82 Å². The van der Waals surface area contributed by atoms with E-state index >= 15 is 0 Å². The standard InChI is InChI=1S/C13H23N5O/c1-13(12(19)15-2)5-9-17(10-13)6-3-7-18-8-4-11(14)16-18/h4,8H,3,5-7,9-10H2,1-2H3,(H2,14,16)(H,15,19). The molecule has 1 aromatic heterocycles. The van der Waals surface area contributed by atoms with Gasteiger partial charge in [-0.2, -0.15) is 5.10 Å². The van der Waals surface area contributed by atoms with Crippen LogP contribution in [0.4, 0.5) is 5.82 Å². The quantitative estimate of drug-likeness (QED) is 0.803. The number of nitrogen functional groups attached to an aromatic ring is 1. The van der Waals surface area contributed by atoms with Gasteiger partial charge < -0.3 is 16.0 Å². The third kappa shape index (κ3) is 3.26. The van der Waals surface area contributed by atoms with Gasteiger partial charge in [0.25, 0.3) is 0 Å². The van der Waals surface area contributed by atoms with Gasteiger partial charge in [-0.25, -0.2) is 0 Å². The third-order valence-corrected chi connectivity index (χ3v) is 3.85. The average Bonchev–Trinajstić information content (AvgIpc) is 2.96. The largest absolute Gasteiger partial charge is 0.382 e. The lowest BCUT2D eigenvalue weighted by Crippen LogP contribution is -2.39. The van der Waals surface area contributed by atoms with Gasteiger partial charge in [0.1, 0.15) is 5.82 Å². The highest BCUT2D eigenvalue weighted by molar-refractivity contribution is 5.82. The molecule has 0 aromatic carbocycles. The van der Waals surface area contributed by atoms with E-state index < -0.39 is 0 Å². The number of amides is 1. The Labute approximate surface area is 113 Å². The van der Waals surface area contributed by atoms with Crippen molar-refractivity contribution in [1.29, 1.82) is 0 Å². The van der Waals surface area contributed by atoms with Crippen molar-refractivity contribution < 1.29 is 4.79 Å². The Hall–Kier alpha value is -1.56. The summed E-state index contributed by atoms with van der Waals surface area (Å²) in [5, 5.41) is 6.92. The minimum atomic E-state index is -0.231. The number of hydrogen-bond acceptors (Lipinski definition) is 4. The zero-order chi connectivity index (χ0) is 13.9. The molecule has 1 saturated heterocycles. The van der Waals surface area contributed by atoms with Crippen molar-refractivity contribution in [3.8, 4) is 0 Å². The van der Waals surface area contributed by atoms with Crippen molar-refractivity contribution in [3.05, 3.63) is 12.3 Å². The molecule has 0 radical (unpaired) electrons. The molecule has 0 spiro atoms. The number of likely N-dealkylation sites (tertiary alicyclic amines) is 1. The molecule has 0 bridgehead atoms. The summed E-state index contributed by atoms with van der Waals surface area (Å²) in [6, 6.07) is 1.80. The fraction of sp³-hybridized carbons (Fsp3) is 0.692. The maximum Gasteiger partial charge on any atom is 0.227 e. The summed E-state index contributed by atoms with van der Waals surface area (Å²) in [5.41, 5.74) is 5.34. The van der Waals surface area contributed by atoms with E-state index in [0.717, 1.165) is 39.0 Å². The normalized spacial score (nSPS) is 23.7. The SMILES string of the molecule is CNC(=O)C1(C)CCN(CCCn2ccc(N)n2)C1. The Kier molecular flexibility index (Phi) is 4.09. The van der Waals surface area contributed by atoms with Gasteiger partial charge in [-0.15, -0.1) is 0 Å². The van der Waals surface area contributed by atoms with Crippen molar-refractivity contribution in [1.82, 2.24) is 20.0 Å². The molecular weight excluding hydrogens is 242 g/mol. The lowest BCUT2D eigenvalue weighted by molar-refractivity contribution is -0.129. The summed E-state index contributed by atoms with van der Waals surface area (Å²) in [6.45, 7) is 5.73. The summed E-state index contributed by atoms with van der Waals surface area (Å²) in [6.07, 6.45) is 3.85. The molecule has 0 aliphatic carbocycles. The number of nitrogens with one attached hydrogen (secondary N) is 1. The van der Waals surface area contributed by atoms with Crippen LogP contribution in [-0.4, -0.2) is 47.3 Å². The third-order valence-electron chi connectivity index (χ3n) is 3.85. The lowest BCUT2D eigenvalue weighted by Gasteiger charge is -2.22. The summed E-state index contributed by atoms with van der Waals surface area (Å²) in [7, 11) is 1.71. The van der Waals surface area contributed by atoms with E-state index in [-0.39, 0.29) is 11.3 Å². The predicted molar refractivity (Wildman–Crippen MR) is 74.5 cm³/mol. The second kappa shape index (κ2) is 5.61. The highest BCUT2D eigenvalue weighted by atomic mass is 16.2. The maximum absolute atomic E-state index is 11.8. The van der Waals surface area contributed by atoms with E-state index in [9.17, 15) is 4.79 Å². The zero-order valence-electron chi connectivity index (χ0n) is 11.7. The van der Waals surface area contributed by atoms with Crippen molar-refractivity contribution in [2.75, 3.05) is 32.4 Å². The molecule has 1 aromatic rings. The molecule has 1 fully saturated rings. The molecule has 6 heteroatoms. The van der Waals surface area contributed by atoms with Gasteiger partial charge in [0.05, 0.1) is 5.41 Å². The Balaban J connectivity index is 1.75. The van der Waals surface area contributed by atoms with Gasteiger partial charge in [-0.05, 0) is 38.9 Å². The topological polar surface area (TPSA) is 76.2 Å². The van der Waals surface area contributed by atoms with Crippen LogP contribution in [0.5, 0.6) is 0 Å². The van der Waals surface area contributed by atoms with Gasteiger partial charge in [-0.3, -0.25) is 9.48 Å². The molecule has 2 rings (SSSR count). The molecular formula is C13H23N5O. The molecule has 19 heavy (non-hydrogen) atoms. The molecule has 6 nitrogen and oxygen atoms in total. The first kappa shape index (κ1) is 13.9. The smallest absolute Gasteiger partial charge is 0.227 e. The fourth-order valence-corrected chi connectivity index (χ4v) is 2.69. The van der Waals surface area contributed by atoms with Crippen LogP contribution in [-0.2, 0) is 11.3 Å². The number of carbonyl (C=O) groups is 1. The highest BCUT2D eigenvalue weighted by Gasteiger charge is 2.39. The van der Waals surface area contributed by atoms with E-state index in [1.165, 1.54) is 0 Å². The van der Waals surface area contributed by atoms with E-state index in [2.05, 4.69) is 15.3 Å². The maximum atomic E-state index is 11.8. The minimum Gasteiger partial charge on any atom is -0.382 e. The molecule has 1 unspecified atom stereocenters. The van der Waals surface area contributed by atoms with E-state index in [1.807, 2.05) is 17.8 Å². The molecule has 3 N–H and O–H groups in total. The first-order valence-electron chi connectivity index (χ1n) is 6.77. The van der Waals surface area contributed by atoms with Crippen LogP contribution in [0.15, 0.2) is 12.3 Å². The van der Waals surface area contributed by atoms with Crippen LogP contribution in [0.25, 0.3) is 0 Å². The highest BCUT2D eigenvalue weighted by Crippen LogP contribution is 2.29. The average molecular weight is 265 g/mol. The summed E-state index contributed by atoms with van der Waals surface area (Å²) in [5.74, 6) is 0.711.